The largest absolute Gasteiger partial charge is 0.314 e. The van der Waals surface area contributed by atoms with Crippen LogP contribution in [0.3, 0.4) is 0 Å². The minimum atomic E-state index is 1.01. The maximum atomic E-state index is 4.35. The molecule has 1 fully saturated rings. The standard InChI is InChI=1S/C11H16BrN3/c1-9-11(12)6-10(7-14-9)8-15-4-2-13-3-5-15/h6-7,13H,2-5,8H2,1H3. The molecule has 0 aromatic carbocycles. The van der Waals surface area contributed by atoms with Gasteiger partial charge < -0.3 is 5.32 Å². The summed E-state index contributed by atoms with van der Waals surface area (Å²) >= 11 is 3.52. The first-order chi connectivity index (χ1) is 7.25. The van der Waals surface area contributed by atoms with Crippen molar-refractivity contribution >= 4 is 15.9 Å². The van der Waals surface area contributed by atoms with Gasteiger partial charge in [-0.15, -0.1) is 0 Å². The van der Waals surface area contributed by atoms with Crippen LogP contribution in [0.15, 0.2) is 16.7 Å². The lowest BCUT2D eigenvalue weighted by Gasteiger charge is -2.27. The molecule has 0 saturated carbocycles. The second-order valence-electron chi connectivity index (χ2n) is 3.94. The predicted octanol–water partition coefficient (Wildman–Crippen LogP) is 1.56. The van der Waals surface area contributed by atoms with Gasteiger partial charge in [0, 0.05) is 43.4 Å². The Labute approximate surface area is 99.0 Å². The Morgan fingerprint density at radius 2 is 2.20 bits per heavy atom. The highest BCUT2D eigenvalue weighted by Crippen LogP contribution is 2.16. The summed E-state index contributed by atoms with van der Waals surface area (Å²) in [5, 5.41) is 3.35. The monoisotopic (exact) mass is 269 g/mol. The third-order valence-electron chi connectivity index (χ3n) is 2.70. The average Bonchev–Trinajstić information content (AvgIpc) is 2.25. The first-order valence-electron chi connectivity index (χ1n) is 5.30. The number of pyridine rings is 1. The van der Waals surface area contributed by atoms with Gasteiger partial charge in [0.1, 0.15) is 0 Å². The number of hydrogen-bond acceptors (Lipinski definition) is 3. The second kappa shape index (κ2) is 5.05. The van der Waals surface area contributed by atoms with E-state index in [1.54, 1.807) is 0 Å². The average molecular weight is 270 g/mol. The van der Waals surface area contributed by atoms with Crippen molar-refractivity contribution in [2.45, 2.75) is 13.5 Å². The molecule has 0 aliphatic carbocycles. The lowest BCUT2D eigenvalue weighted by molar-refractivity contribution is 0.233. The summed E-state index contributed by atoms with van der Waals surface area (Å²) in [4.78, 5) is 6.81. The molecule has 0 radical (unpaired) electrons. The molecule has 1 aromatic rings. The normalized spacial score (nSPS) is 18.0. The van der Waals surface area contributed by atoms with Crippen molar-refractivity contribution in [3.8, 4) is 0 Å². The van der Waals surface area contributed by atoms with Crippen LogP contribution in [0, 0.1) is 6.92 Å². The first kappa shape index (κ1) is 11.0. The van der Waals surface area contributed by atoms with Gasteiger partial charge >= 0.3 is 0 Å². The Bertz CT molecular complexity index is 335. The molecule has 1 saturated heterocycles. The SMILES string of the molecule is Cc1ncc(CN2CCNCC2)cc1Br. The van der Waals surface area contributed by atoms with Gasteiger partial charge in [0.05, 0.1) is 5.69 Å². The zero-order valence-electron chi connectivity index (χ0n) is 8.96. The molecule has 0 bridgehead atoms. The number of halogens is 1. The smallest absolute Gasteiger partial charge is 0.0514 e. The van der Waals surface area contributed by atoms with Crippen LogP contribution in [-0.2, 0) is 6.54 Å². The summed E-state index contributed by atoms with van der Waals surface area (Å²) in [6.07, 6.45) is 1.97. The zero-order valence-corrected chi connectivity index (χ0v) is 10.5. The van der Waals surface area contributed by atoms with Crippen LogP contribution >= 0.6 is 15.9 Å². The van der Waals surface area contributed by atoms with Gasteiger partial charge in [-0.05, 0) is 34.5 Å². The van der Waals surface area contributed by atoms with E-state index in [1.165, 1.54) is 5.56 Å². The predicted molar refractivity (Wildman–Crippen MR) is 64.8 cm³/mol. The van der Waals surface area contributed by atoms with Crippen LogP contribution in [0.25, 0.3) is 0 Å². The van der Waals surface area contributed by atoms with Gasteiger partial charge in [0.15, 0.2) is 0 Å². The summed E-state index contributed by atoms with van der Waals surface area (Å²) in [6, 6.07) is 2.17. The van der Waals surface area contributed by atoms with Crippen molar-refractivity contribution in [1.29, 1.82) is 0 Å². The fraction of sp³-hybridized carbons (Fsp3) is 0.545. The van der Waals surface area contributed by atoms with Gasteiger partial charge in [0.25, 0.3) is 0 Å². The quantitative estimate of drug-likeness (QED) is 0.884. The van der Waals surface area contributed by atoms with Crippen LogP contribution in [0.1, 0.15) is 11.3 Å². The van der Waals surface area contributed by atoms with E-state index in [9.17, 15) is 0 Å². The van der Waals surface area contributed by atoms with Crippen molar-refractivity contribution in [1.82, 2.24) is 15.2 Å². The van der Waals surface area contributed by atoms with E-state index in [4.69, 9.17) is 0 Å². The van der Waals surface area contributed by atoms with Gasteiger partial charge in [-0.25, -0.2) is 0 Å². The number of nitrogens with one attached hydrogen (secondary N) is 1. The molecule has 0 atom stereocenters. The van der Waals surface area contributed by atoms with Crippen LogP contribution in [-0.4, -0.2) is 36.1 Å². The van der Waals surface area contributed by atoms with E-state index in [-0.39, 0.29) is 0 Å². The molecule has 0 unspecified atom stereocenters. The van der Waals surface area contributed by atoms with Gasteiger partial charge in [-0.1, -0.05) is 0 Å². The number of aromatic nitrogens is 1. The molecule has 1 aliphatic rings. The second-order valence-corrected chi connectivity index (χ2v) is 4.79. The van der Waals surface area contributed by atoms with Gasteiger partial charge in [-0.2, -0.15) is 0 Å². The van der Waals surface area contributed by atoms with E-state index < -0.39 is 0 Å². The van der Waals surface area contributed by atoms with E-state index >= 15 is 0 Å². The fourth-order valence-corrected chi connectivity index (χ4v) is 2.16. The Morgan fingerprint density at radius 3 is 2.87 bits per heavy atom. The minimum Gasteiger partial charge on any atom is -0.314 e. The number of aryl methyl sites for hydroxylation is 1. The molecule has 4 heteroatoms. The number of rotatable bonds is 2. The summed E-state index contributed by atoms with van der Waals surface area (Å²) < 4.78 is 1.11. The summed E-state index contributed by atoms with van der Waals surface area (Å²) in [7, 11) is 0. The Hall–Kier alpha value is -0.450. The molecule has 1 N–H and O–H groups in total. The molecule has 15 heavy (non-hydrogen) atoms. The van der Waals surface area contributed by atoms with Crippen molar-refractivity contribution in [3.63, 3.8) is 0 Å². The molecule has 2 heterocycles. The lowest BCUT2D eigenvalue weighted by atomic mass is 10.2. The molecule has 1 aromatic heterocycles. The molecule has 82 valence electrons. The van der Waals surface area contributed by atoms with E-state index in [2.05, 4.69) is 37.2 Å². The summed E-state index contributed by atoms with van der Waals surface area (Å²) in [5.74, 6) is 0. The highest BCUT2D eigenvalue weighted by Gasteiger charge is 2.10. The fourth-order valence-electron chi connectivity index (χ4n) is 1.76. The maximum absolute atomic E-state index is 4.35. The van der Waals surface area contributed by atoms with Gasteiger partial charge in [0.2, 0.25) is 0 Å². The van der Waals surface area contributed by atoms with Crippen LogP contribution in [0.4, 0.5) is 0 Å². The van der Waals surface area contributed by atoms with Crippen molar-refractivity contribution in [2.75, 3.05) is 26.2 Å². The topological polar surface area (TPSA) is 28.2 Å². The number of nitrogens with zero attached hydrogens (tertiary/aromatic N) is 2. The Morgan fingerprint density at radius 1 is 1.47 bits per heavy atom. The first-order valence-corrected chi connectivity index (χ1v) is 6.09. The molecule has 0 amide bonds. The third kappa shape index (κ3) is 3.00. The Balaban J connectivity index is 2.00. The maximum Gasteiger partial charge on any atom is 0.0514 e. The third-order valence-corrected chi connectivity index (χ3v) is 3.50. The van der Waals surface area contributed by atoms with Crippen LogP contribution in [0.2, 0.25) is 0 Å². The molecule has 0 spiro atoms. The van der Waals surface area contributed by atoms with Crippen molar-refractivity contribution < 1.29 is 0 Å². The van der Waals surface area contributed by atoms with E-state index in [1.807, 2.05) is 13.1 Å². The zero-order chi connectivity index (χ0) is 10.7. The number of hydrogen-bond donors (Lipinski definition) is 1. The number of piperazine rings is 1. The molecular formula is C11H16BrN3. The van der Waals surface area contributed by atoms with Gasteiger partial charge in [-0.3, -0.25) is 9.88 Å². The Kier molecular flexibility index (Phi) is 3.72. The lowest BCUT2D eigenvalue weighted by Crippen LogP contribution is -2.42. The van der Waals surface area contributed by atoms with E-state index in [0.29, 0.717) is 0 Å². The molecular weight excluding hydrogens is 254 g/mol. The van der Waals surface area contributed by atoms with Crippen molar-refractivity contribution in [3.05, 3.63) is 28.0 Å². The minimum absolute atomic E-state index is 1.01. The van der Waals surface area contributed by atoms with E-state index in [0.717, 1.165) is 42.9 Å². The highest BCUT2D eigenvalue weighted by molar-refractivity contribution is 9.10. The molecule has 2 rings (SSSR count). The molecule has 1 aliphatic heterocycles. The van der Waals surface area contributed by atoms with Crippen molar-refractivity contribution in [2.24, 2.45) is 0 Å². The summed E-state index contributed by atoms with van der Waals surface area (Å²) in [6.45, 7) is 7.48. The van der Waals surface area contributed by atoms with Crippen LogP contribution in [0.5, 0.6) is 0 Å². The molecule has 3 nitrogen and oxygen atoms in total. The highest BCUT2D eigenvalue weighted by atomic mass is 79.9. The van der Waals surface area contributed by atoms with Crippen LogP contribution < -0.4 is 5.32 Å². The summed E-state index contributed by atoms with van der Waals surface area (Å²) in [5.41, 5.74) is 2.34.